The molecule has 1 unspecified atom stereocenters. The molecule has 0 aromatic heterocycles. The summed E-state index contributed by atoms with van der Waals surface area (Å²) in [7, 11) is 0. The molecule has 1 aliphatic rings. The number of fused-ring (bicyclic) bond motifs is 1. The molecule has 2 heteroatoms. The van der Waals surface area contributed by atoms with Gasteiger partial charge in [0.1, 0.15) is 0 Å². The molecule has 2 aromatic carbocycles. The predicted octanol–water partition coefficient (Wildman–Crippen LogP) is 2.50. The first-order chi connectivity index (χ1) is 8.34. The molecule has 2 nitrogen and oxygen atoms in total. The number of nitrogens with two attached hydrogens (primary N) is 1. The molecule has 86 valence electrons. The van der Waals surface area contributed by atoms with Crippen LogP contribution in [0.1, 0.15) is 22.6 Å². The molecule has 1 atom stereocenters. The number of rotatable bonds is 1. The van der Waals surface area contributed by atoms with E-state index >= 15 is 0 Å². The fraction of sp³-hybridized carbons (Fsp3) is 0.200. The van der Waals surface area contributed by atoms with Crippen molar-refractivity contribution in [2.45, 2.75) is 12.5 Å². The minimum atomic E-state index is 0.445. The zero-order valence-corrected chi connectivity index (χ0v) is 9.69. The summed E-state index contributed by atoms with van der Waals surface area (Å²) in [5.41, 5.74) is 10.8. The molecular formula is C15H16N2. The van der Waals surface area contributed by atoms with Crippen LogP contribution in [0.2, 0.25) is 0 Å². The van der Waals surface area contributed by atoms with E-state index in [1.807, 2.05) is 6.07 Å². The standard InChI is InChI=1S/C15H16N2/c16-13-6-7-14-12(8-13)9-17-10-15(14)11-4-2-1-3-5-11/h1-8,15,17H,9-10,16H2. The summed E-state index contributed by atoms with van der Waals surface area (Å²) in [6.07, 6.45) is 0. The quantitative estimate of drug-likeness (QED) is 0.730. The van der Waals surface area contributed by atoms with Gasteiger partial charge in [0.25, 0.3) is 0 Å². The van der Waals surface area contributed by atoms with E-state index in [4.69, 9.17) is 5.73 Å². The molecule has 1 heterocycles. The fourth-order valence-corrected chi connectivity index (χ4v) is 2.56. The first-order valence-corrected chi connectivity index (χ1v) is 5.98. The van der Waals surface area contributed by atoms with Crippen molar-refractivity contribution in [3.63, 3.8) is 0 Å². The second-order valence-electron chi connectivity index (χ2n) is 4.55. The smallest absolute Gasteiger partial charge is 0.0317 e. The Bertz CT molecular complexity index is 520. The number of nitrogen functional groups attached to an aromatic ring is 1. The lowest BCUT2D eigenvalue weighted by Gasteiger charge is -2.27. The number of hydrogen-bond acceptors (Lipinski definition) is 2. The summed E-state index contributed by atoms with van der Waals surface area (Å²) in [5, 5.41) is 3.46. The third-order valence-electron chi connectivity index (χ3n) is 3.41. The molecule has 0 saturated carbocycles. The van der Waals surface area contributed by atoms with Gasteiger partial charge in [0, 0.05) is 24.7 Å². The topological polar surface area (TPSA) is 38.0 Å². The molecule has 0 saturated heterocycles. The highest BCUT2D eigenvalue weighted by molar-refractivity contribution is 5.49. The van der Waals surface area contributed by atoms with Gasteiger partial charge < -0.3 is 11.1 Å². The second-order valence-corrected chi connectivity index (χ2v) is 4.55. The van der Waals surface area contributed by atoms with Crippen LogP contribution in [-0.2, 0) is 6.54 Å². The van der Waals surface area contributed by atoms with Gasteiger partial charge in [-0.3, -0.25) is 0 Å². The Hall–Kier alpha value is -1.80. The lowest BCUT2D eigenvalue weighted by molar-refractivity contribution is 0.591. The van der Waals surface area contributed by atoms with Crippen LogP contribution in [0.4, 0.5) is 5.69 Å². The average Bonchev–Trinajstić information content (AvgIpc) is 2.39. The molecule has 0 radical (unpaired) electrons. The molecule has 3 rings (SSSR count). The van der Waals surface area contributed by atoms with Crippen molar-refractivity contribution in [2.75, 3.05) is 12.3 Å². The molecule has 0 aliphatic carbocycles. The summed E-state index contributed by atoms with van der Waals surface area (Å²) < 4.78 is 0. The van der Waals surface area contributed by atoms with Crippen LogP contribution in [0.15, 0.2) is 48.5 Å². The van der Waals surface area contributed by atoms with Gasteiger partial charge >= 0.3 is 0 Å². The minimum Gasteiger partial charge on any atom is -0.399 e. The van der Waals surface area contributed by atoms with Crippen molar-refractivity contribution in [3.05, 3.63) is 65.2 Å². The van der Waals surface area contributed by atoms with E-state index in [9.17, 15) is 0 Å². The van der Waals surface area contributed by atoms with Crippen molar-refractivity contribution in [1.82, 2.24) is 5.32 Å². The highest BCUT2D eigenvalue weighted by atomic mass is 14.9. The summed E-state index contributed by atoms with van der Waals surface area (Å²) in [6, 6.07) is 16.9. The van der Waals surface area contributed by atoms with Crippen LogP contribution in [0, 0.1) is 0 Å². The molecular weight excluding hydrogens is 208 g/mol. The van der Waals surface area contributed by atoms with Crippen molar-refractivity contribution in [1.29, 1.82) is 0 Å². The first kappa shape index (κ1) is 10.4. The van der Waals surface area contributed by atoms with Crippen LogP contribution < -0.4 is 11.1 Å². The SMILES string of the molecule is Nc1ccc2c(c1)CNCC2c1ccccc1. The predicted molar refractivity (Wildman–Crippen MR) is 70.8 cm³/mol. The minimum absolute atomic E-state index is 0.445. The molecule has 1 aliphatic heterocycles. The Balaban J connectivity index is 2.06. The molecule has 0 amide bonds. The van der Waals surface area contributed by atoms with Crippen molar-refractivity contribution in [2.24, 2.45) is 0 Å². The van der Waals surface area contributed by atoms with E-state index in [0.717, 1.165) is 18.8 Å². The van der Waals surface area contributed by atoms with Gasteiger partial charge in [-0.15, -0.1) is 0 Å². The van der Waals surface area contributed by atoms with E-state index in [0.29, 0.717) is 5.92 Å². The summed E-state index contributed by atoms with van der Waals surface area (Å²) in [4.78, 5) is 0. The first-order valence-electron chi connectivity index (χ1n) is 5.98. The number of hydrogen-bond donors (Lipinski definition) is 2. The van der Waals surface area contributed by atoms with Crippen LogP contribution in [-0.4, -0.2) is 6.54 Å². The molecule has 3 N–H and O–H groups in total. The van der Waals surface area contributed by atoms with Gasteiger partial charge in [-0.2, -0.15) is 0 Å². The maximum atomic E-state index is 5.84. The Morgan fingerprint density at radius 3 is 2.71 bits per heavy atom. The van der Waals surface area contributed by atoms with Gasteiger partial charge in [-0.05, 0) is 28.8 Å². The zero-order chi connectivity index (χ0) is 11.7. The fourth-order valence-electron chi connectivity index (χ4n) is 2.56. The molecule has 2 aromatic rings. The number of anilines is 1. The Morgan fingerprint density at radius 1 is 1.06 bits per heavy atom. The number of nitrogens with one attached hydrogen (secondary N) is 1. The van der Waals surface area contributed by atoms with Gasteiger partial charge in [-0.1, -0.05) is 36.4 Å². The monoisotopic (exact) mass is 224 g/mol. The Morgan fingerprint density at radius 2 is 1.88 bits per heavy atom. The van der Waals surface area contributed by atoms with Crippen LogP contribution in [0.3, 0.4) is 0 Å². The van der Waals surface area contributed by atoms with Crippen LogP contribution in [0.5, 0.6) is 0 Å². The maximum Gasteiger partial charge on any atom is 0.0317 e. The molecule has 0 spiro atoms. The van der Waals surface area contributed by atoms with Gasteiger partial charge in [0.15, 0.2) is 0 Å². The van der Waals surface area contributed by atoms with Crippen molar-refractivity contribution in [3.8, 4) is 0 Å². The van der Waals surface area contributed by atoms with E-state index < -0.39 is 0 Å². The van der Waals surface area contributed by atoms with E-state index in [1.54, 1.807) is 0 Å². The third-order valence-corrected chi connectivity index (χ3v) is 3.41. The second kappa shape index (κ2) is 4.22. The summed E-state index contributed by atoms with van der Waals surface area (Å²) >= 11 is 0. The normalized spacial score (nSPS) is 18.7. The van der Waals surface area contributed by atoms with Gasteiger partial charge in [-0.25, -0.2) is 0 Å². The lowest BCUT2D eigenvalue weighted by atomic mass is 9.85. The van der Waals surface area contributed by atoms with E-state index in [-0.39, 0.29) is 0 Å². The van der Waals surface area contributed by atoms with E-state index in [2.05, 4.69) is 47.8 Å². The molecule has 17 heavy (non-hydrogen) atoms. The third kappa shape index (κ3) is 1.92. The number of benzene rings is 2. The molecule has 0 fully saturated rings. The lowest BCUT2D eigenvalue weighted by Crippen LogP contribution is -2.28. The maximum absolute atomic E-state index is 5.84. The highest BCUT2D eigenvalue weighted by Crippen LogP contribution is 2.30. The highest BCUT2D eigenvalue weighted by Gasteiger charge is 2.20. The van der Waals surface area contributed by atoms with E-state index in [1.165, 1.54) is 16.7 Å². The van der Waals surface area contributed by atoms with Crippen LogP contribution in [0.25, 0.3) is 0 Å². The Kier molecular flexibility index (Phi) is 2.57. The molecule has 0 bridgehead atoms. The van der Waals surface area contributed by atoms with Crippen molar-refractivity contribution < 1.29 is 0 Å². The van der Waals surface area contributed by atoms with Gasteiger partial charge in [0.2, 0.25) is 0 Å². The zero-order valence-electron chi connectivity index (χ0n) is 9.69. The van der Waals surface area contributed by atoms with Gasteiger partial charge in [0.05, 0.1) is 0 Å². The Labute approximate surface area is 101 Å². The van der Waals surface area contributed by atoms with Crippen LogP contribution >= 0.6 is 0 Å². The summed E-state index contributed by atoms with van der Waals surface area (Å²) in [6.45, 7) is 1.92. The van der Waals surface area contributed by atoms with Crippen molar-refractivity contribution >= 4 is 5.69 Å². The summed E-state index contributed by atoms with van der Waals surface area (Å²) in [5.74, 6) is 0.445. The average molecular weight is 224 g/mol. The largest absolute Gasteiger partial charge is 0.399 e.